The Labute approximate surface area is 148 Å². The molecule has 1 amide bonds. The molecule has 2 aromatic heterocycles. The van der Waals surface area contributed by atoms with Crippen LogP contribution in [0.15, 0.2) is 24.8 Å². The highest BCUT2D eigenvalue weighted by Gasteiger charge is 2.25. The molecule has 0 spiro atoms. The summed E-state index contributed by atoms with van der Waals surface area (Å²) >= 11 is 0. The number of likely N-dealkylation sites (tertiary alicyclic amines) is 1. The van der Waals surface area contributed by atoms with Gasteiger partial charge in [0.15, 0.2) is 11.3 Å². The Bertz CT molecular complexity index is 625. The van der Waals surface area contributed by atoms with E-state index in [1.807, 2.05) is 28.7 Å². The van der Waals surface area contributed by atoms with Crippen LogP contribution < -0.4 is 5.32 Å². The molecule has 8 heteroatoms. The number of imidazole rings is 1. The Morgan fingerprint density at radius 1 is 1.22 bits per heavy atom. The molecule has 23 heavy (non-hydrogen) atoms. The molecule has 0 saturated carbocycles. The molecule has 1 aliphatic heterocycles. The molecular weight excluding hydrogens is 337 g/mol. The van der Waals surface area contributed by atoms with Crippen LogP contribution >= 0.6 is 24.8 Å². The third-order valence-corrected chi connectivity index (χ3v) is 4.22. The van der Waals surface area contributed by atoms with E-state index in [-0.39, 0.29) is 30.7 Å². The van der Waals surface area contributed by atoms with Crippen molar-refractivity contribution in [3.05, 3.63) is 30.5 Å². The molecule has 1 aliphatic rings. The number of amides is 1. The lowest BCUT2D eigenvalue weighted by Crippen LogP contribution is -2.39. The lowest BCUT2D eigenvalue weighted by Gasteiger charge is -2.31. The van der Waals surface area contributed by atoms with E-state index in [2.05, 4.69) is 15.3 Å². The lowest BCUT2D eigenvalue weighted by molar-refractivity contribution is 0.0682. The van der Waals surface area contributed by atoms with Crippen molar-refractivity contribution in [1.29, 1.82) is 0 Å². The molecule has 1 fully saturated rings. The van der Waals surface area contributed by atoms with Crippen LogP contribution in [0.25, 0.3) is 5.65 Å². The molecule has 3 heterocycles. The predicted octanol–water partition coefficient (Wildman–Crippen LogP) is 2.03. The normalized spacial score (nSPS) is 15.1. The fraction of sp³-hybridized carbons (Fsp3) is 0.533. The largest absolute Gasteiger partial charge is 0.337 e. The number of nitrogens with zero attached hydrogens (tertiary/aromatic N) is 4. The van der Waals surface area contributed by atoms with Gasteiger partial charge in [-0.3, -0.25) is 4.79 Å². The molecule has 0 unspecified atom stereocenters. The Morgan fingerprint density at radius 3 is 2.52 bits per heavy atom. The summed E-state index contributed by atoms with van der Waals surface area (Å²) in [5.74, 6) is 0.718. The zero-order valence-electron chi connectivity index (χ0n) is 13.1. The summed E-state index contributed by atoms with van der Waals surface area (Å²) in [7, 11) is 1.98. The molecule has 0 bridgehead atoms. The molecule has 0 aromatic carbocycles. The number of hydrogen-bond donors (Lipinski definition) is 1. The summed E-state index contributed by atoms with van der Waals surface area (Å²) in [4.78, 5) is 23.0. The van der Waals surface area contributed by atoms with Crippen molar-refractivity contribution in [2.45, 2.75) is 19.3 Å². The first kappa shape index (κ1) is 19.7. The SMILES string of the molecule is CNCCC1CCN(C(=O)c2nccn3ccnc23)CC1.Cl.Cl. The Balaban J connectivity index is 0.00000132. The first-order valence-corrected chi connectivity index (χ1v) is 7.51. The van der Waals surface area contributed by atoms with Gasteiger partial charge in [-0.05, 0) is 38.8 Å². The quantitative estimate of drug-likeness (QED) is 0.906. The standard InChI is InChI=1S/C15H21N5O.2ClH/c1-16-5-2-12-3-8-20(9-4-12)15(21)13-14-18-7-11-19(14)10-6-17-13;;/h6-7,10-12,16H,2-5,8-9H2,1H3;2*1H. The van der Waals surface area contributed by atoms with E-state index in [9.17, 15) is 4.79 Å². The van der Waals surface area contributed by atoms with Gasteiger partial charge in [0.2, 0.25) is 0 Å². The minimum Gasteiger partial charge on any atom is -0.337 e. The number of carbonyl (C=O) groups is 1. The van der Waals surface area contributed by atoms with E-state index < -0.39 is 0 Å². The van der Waals surface area contributed by atoms with Crippen molar-refractivity contribution in [2.75, 3.05) is 26.7 Å². The van der Waals surface area contributed by atoms with E-state index in [0.717, 1.165) is 38.4 Å². The Kier molecular flexibility index (Phi) is 7.75. The van der Waals surface area contributed by atoms with Gasteiger partial charge in [0.05, 0.1) is 0 Å². The van der Waals surface area contributed by atoms with E-state index in [0.29, 0.717) is 11.3 Å². The molecule has 0 atom stereocenters. The van der Waals surface area contributed by atoms with E-state index in [1.165, 1.54) is 6.42 Å². The fourth-order valence-corrected chi connectivity index (χ4v) is 2.93. The van der Waals surface area contributed by atoms with Gasteiger partial charge in [-0.2, -0.15) is 0 Å². The zero-order valence-corrected chi connectivity index (χ0v) is 14.8. The smallest absolute Gasteiger partial charge is 0.276 e. The van der Waals surface area contributed by atoms with Gasteiger partial charge in [-0.1, -0.05) is 0 Å². The third-order valence-electron chi connectivity index (χ3n) is 4.22. The lowest BCUT2D eigenvalue weighted by atomic mass is 9.93. The van der Waals surface area contributed by atoms with E-state index >= 15 is 0 Å². The van der Waals surface area contributed by atoms with Crippen LogP contribution in [0.4, 0.5) is 0 Å². The van der Waals surface area contributed by atoms with Gasteiger partial charge in [0.1, 0.15) is 0 Å². The summed E-state index contributed by atoms with van der Waals surface area (Å²) in [6, 6.07) is 0. The average Bonchev–Trinajstić information content (AvgIpc) is 3.01. The van der Waals surface area contributed by atoms with Crippen LogP contribution in [-0.4, -0.2) is 51.9 Å². The predicted molar refractivity (Wildman–Crippen MR) is 94.7 cm³/mol. The molecule has 128 valence electrons. The second-order valence-electron chi connectivity index (χ2n) is 5.56. The van der Waals surface area contributed by atoms with Crippen molar-refractivity contribution >= 4 is 36.4 Å². The van der Waals surface area contributed by atoms with Crippen LogP contribution in [0.1, 0.15) is 29.8 Å². The first-order valence-electron chi connectivity index (χ1n) is 7.51. The second-order valence-corrected chi connectivity index (χ2v) is 5.56. The topological polar surface area (TPSA) is 62.5 Å². The Morgan fingerprint density at radius 2 is 1.87 bits per heavy atom. The highest BCUT2D eigenvalue weighted by molar-refractivity contribution is 5.97. The molecule has 1 N–H and O–H groups in total. The van der Waals surface area contributed by atoms with Gasteiger partial charge in [0.25, 0.3) is 5.91 Å². The van der Waals surface area contributed by atoms with Gasteiger partial charge in [-0.15, -0.1) is 24.8 Å². The van der Waals surface area contributed by atoms with Crippen LogP contribution in [0.2, 0.25) is 0 Å². The molecule has 1 saturated heterocycles. The number of rotatable bonds is 4. The van der Waals surface area contributed by atoms with E-state index in [4.69, 9.17) is 0 Å². The van der Waals surface area contributed by atoms with Gasteiger partial charge in [0, 0.05) is 37.9 Å². The number of nitrogens with one attached hydrogen (secondary N) is 1. The molecule has 6 nitrogen and oxygen atoms in total. The Hall–Kier alpha value is -1.37. The number of carbonyl (C=O) groups excluding carboxylic acids is 1. The number of aromatic nitrogens is 3. The summed E-state index contributed by atoms with van der Waals surface area (Å²) < 4.78 is 1.83. The minimum absolute atomic E-state index is 0. The van der Waals surface area contributed by atoms with Crippen LogP contribution in [0, 0.1) is 5.92 Å². The maximum atomic E-state index is 12.6. The number of halogens is 2. The third kappa shape index (κ3) is 4.34. The van der Waals surface area contributed by atoms with Gasteiger partial charge in [-0.25, -0.2) is 9.97 Å². The average molecular weight is 360 g/mol. The van der Waals surface area contributed by atoms with Crippen LogP contribution in [-0.2, 0) is 0 Å². The minimum atomic E-state index is -0.00105. The van der Waals surface area contributed by atoms with Crippen LogP contribution in [0.3, 0.4) is 0 Å². The van der Waals surface area contributed by atoms with E-state index in [1.54, 1.807) is 12.4 Å². The van der Waals surface area contributed by atoms with Crippen molar-refractivity contribution in [3.8, 4) is 0 Å². The first-order chi connectivity index (χ1) is 10.3. The van der Waals surface area contributed by atoms with Crippen molar-refractivity contribution < 1.29 is 4.79 Å². The van der Waals surface area contributed by atoms with Crippen molar-refractivity contribution in [2.24, 2.45) is 5.92 Å². The van der Waals surface area contributed by atoms with Crippen molar-refractivity contribution in [1.82, 2.24) is 24.6 Å². The maximum absolute atomic E-state index is 12.6. The summed E-state index contributed by atoms with van der Waals surface area (Å²) in [5, 5.41) is 3.19. The number of piperidine rings is 1. The van der Waals surface area contributed by atoms with Gasteiger partial charge < -0.3 is 14.6 Å². The highest BCUT2D eigenvalue weighted by atomic mass is 35.5. The molecule has 0 aliphatic carbocycles. The van der Waals surface area contributed by atoms with Crippen LogP contribution in [0.5, 0.6) is 0 Å². The zero-order chi connectivity index (χ0) is 14.7. The monoisotopic (exact) mass is 359 g/mol. The summed E-state index contributed by atoms with van der Waals surface area (Å²) in [5.41, 5.74) is 1.09. The molecular formula is C15H23Cl2N5O. The fourth-order valence-electron chi connectivity index (χ4n) is 2.93. The second kappa shape index (κ2) is 9.05. The highest BCUT2D eigenvalue weighted by Crippen LogP contribution is 2.21. The number of hydrogen-bond acceptors (Lipinski definition) is 4. The summed E-state index contributed by atoms with van der Waals surface area (Å²) in [6.45, 7) is 2.68. The maximum Gasteiger partial charge on any atom is 0.276 e. The van der Waals surface area contributed by atoms with Crippen molar-refractivity contribution in [3.63, 3.8) is 0 Å². The molecule has 3 rings (SSSR count). The molecule has 0 radical (unpaired) electrons. The number of fused-ring (bicyclic) bond motifs is 1. The van der Waals surface area contributed by atoms with Gasteiger partial charge >= 0.3 is 0 Å². The summed E-state index contributed by atoms with van der Waals surface area (Å²) in [6.07, 6.45) is 10.3. The molecule has 2 aromatic rings.